The first-order valence-corrected chi connectivity index (χ1v) is 7.13. The Balaban J connectivity index is 1.81. The number of hydrogen-bond donors (Lipinski definition) is 2. The number of aliphatic hydroxyl groups excluding tert-OH is 1. The Hall–Kier alpha value is -0.860. The summed E-state index contributed by atoms with van der Waals surface area (Å²) in [7, 11) is 0. The van der Waals surface area contributed by atoms with E-state index in [1.54, 1.807) is 0 Å². The number of hydrogen-bond acceptors (Lipinski definition) is 2. The Labute approximate surface area is 110 Å². The maximum atomic E-state index is 10.1. The van der Waals surface area contributed by atoms with E-state index < -0.39 is 6.10 Å². The van der Waals surface area contributed by atoms with Crippen LogP contribution in [-0.4, -0.2) is 17.7 Å². The monoisotopic (exact) mass is 247 g/mol. The zero-order chi connectivity index (χ0) is 13.0. The lowest BCUT2D eigenvalue weighted by atomic mass is 9.80. The topological polar surface area (TPSA) is 32.3 Å². The Morgan fingerprint density at radius 1 is 1.22 bits per heavy atom. The van der Waals surface area contributed by atoms with Gasteiger partial charge in [-0.25, -0.2) is 0 Å². The van der Waals surface area contributed by atoms with Crippen LogP contribution in [0.3, 0.4) is 0 Å². The average molecular weight is 247 g/mol. The van der Waals surface area contributed by atoms with E-state index in [0.717, 1.165) is 17.4 Å². The van der Waals surface area contributed by atoms with Gasteiger partial charge in [0.05, 0.1) is 6.10 Å². The van der Waals surface area contributed by atoms with Crippen LogP contribution >= 0.6 is 0 Å². The molecule has 1 aliphatic rings. The summed E-state index contributed by atoms with van der Waals surface area (Å²) >= 11 is 0. The molecule has 1 saturated carbocycles. The molecular weight excluding hydrogens is 222 g/mol. The van der Waals surface area contributed by atoms with Gasteiger partial charge in [-0.1, -0.05) is 44.2 Å². The highest BCUT2D eigenvalue weighted by Gasteiger charge is 2.25. The van der Waals surface area contributed by atoms with Crippen LogP contribution in [0.25, 0.3) is 0 Å². The summed E-state index contributed by atoms with van der Waals surface area (Å²) in [4.78, 5) is 0. The zero-order valence-electron chi connectivity index (χ0n) is 11.5. The predicted molar refractivity (Wildman–Crippen MR) is 75.4 cm³/mol. The van der Waals surface area contributed by atoms with Crippen molar-refractivity contribution in [2.45, 2.75) is 45.3 Å². The van der Waals surface area contributed by atoms with Gasteiger partial charge >= 0.3 is 0 Å². The van der Waals surface area contributed by atoms with E-state index in [1.807, 2.05) is 30.3 Å². The standard InChI is InChI=1S/C16H25NO/c1-12-8-9-15(13(2)10-12)17-11-16(18)14-6-4-3-5-7-14/h3-7,12-13,15-18H,8-11H2,1-2H3. The molecule has 2 heteroatoms. The first kappa shape index (κ1) is 13.6. The molecule has 2 N–H and O–H groups in total. The van der Waals surface area contributed by atoms with Gasteiger partial charge in [-0.15, -0.1) is 0 Å². The molecule has 2 nitrogen and oxygen atoms in total. The third-order valence-corrected chi connectivity index (χ3v) is 4.19. The SMILES string of the molecule is CC1CCC(NCC(O)c2ccccc2)C(C)C1. The lowest BCUT2D eigenvalue weighted by Gasteiger charge is -2.33. The van der Waals surface area contributed by atoms with Crippen LogP contribution in [0.15, 0.2) is 30.3 Å². The number of nitrogens with one attached hydrogen (secondary N) is 1. The van der Waals surface area contributed by atoms with E-state index in [1.165, 1.54) is 19.3 Å². The van der Waals surface area contributed by atoms with Crippen molar-refractivity contribution in [1.82, 2.24) is 5.32 Å². The molecular formula is C16H25NO. The molecule has 0 aromatic heterocycles. The fourth-order valence-corrected chi connectivity index (χ4v) is 3.02. The van der Waals surface area contributed by atoms with Crippen molar-refractivity contribution < 1.29 is 5.11 Å². The summed E-state index contributed by atoms with van der Waals surface area (Å²) in [5.74, 6) is 1.58. The Morgan fingerprint density at radius 2 is 1.94 bits per heavy atom. The number of benzene rings is 1. The fraction of sp³-hybridized carbons (Fsp3) is 0.625. The van der Waals surface area contributed by atoms with Crippen LogP contribution in [0.2, 0.25) is 0 Å². The molecule has 0 radical (unpaired) electrons. The van der Waals surface area contributed by atoms with Gasteiger partial charge in [0.25, 0.3) is 0 Å². The fourth-order valence-electron chi connectivity index (χ4n) is 3.02. The molecule has 18 heavy (non-hydrogen) atoms. The maximum Gasteiger partial charge on any atom is 0.0914 e. The van der Waals surface area contributed by atoms with Gasteiger partial charge in [0, 0.05) is 12.6 Å². The zero-order valence-corrected chi connectivity index (χ0v) is 11.5. The quantitative estimate of drug-likeness (QED) is 0.856. The second-order valence-electron chi connectivity index (χ2n) is 5.84. The molecule has 0 heterocycles. The lowest BCUT2D eigenvalue weighted by Crippen LogP contribution is -2.40. The summed E-state index contributed by atoms with van der Waals surface area (Å²) in [6, 6.07) is 10.5. The van der Waals surface area contributed by atoms with E-state index in [4.69, 9.17) is 0 Å². The van der Waals surface area contributed by atoms with E-state index in [0.29, 0.717) is 12.6 Å². The van der Waals surface area contributed by atoms with Gasteiger partial charge in [-0.2, -0.15) is 0 Å². The molecule has 1 aromatic rings. The van der Waals surface area contributed by atoms with Crippen molar-refractivity contribution in [2.75, 3.05) is 6.54 Å². The second kappa shape index (κ2) is 6.35. The van der Waals surface area contributed by atoms with Gasteiger partial charge in [0.15, 0.2) is 0 Å². The molecule has 0 aliphatic heterocycles. The van der Waals surface area contributed by atoms with E-state index in [2.05, 4.69) is 19.2 Å². The van der Waals surface area contributed by atoms with Crippen LogP contribution in [-0.2, 0) is 0 Å². The summed E-state index contributed by atoms with van der Waals surface area (Å²) in [6.45, 7) is 5.32. The van der Waals surface area contributed by atoms with Crippen LogP contribution in [0, 0.1) is 11.8 Å². The smallest absolute Gasteiger partial charge is 0.0914 e. The molecule has 0 spiro atoms. The largest absolute Gasteiger partial charge is 0.387 e. The summed E-state index contributed by atoms with van der Waals surface area (Å²) in [5, 5.41) is 13.7. The highest BCUT2D eigenvalue weighted by Crippen LogP contribution is 2.28. The minimum Gasteiger partial charge on any atom is -0.387 e. The van der Waals surface area contributed by atoms with E-state index in [9.17, 15) is 5.11 Å². The normalized spacial score (nSPS) is 30.1. The molecule has 100 valence electrons. The number of aliphatic hydroxyl groups is 1. The minimum atomic E-state index is -0.391. The maximum absolute atomic E-state index is 10.1. The van der Waals surface area contributed by atoms with Gasteiger partial charge in [0.2, 0.25) is 0 Å². The Bertz CT molecular complexity index is 351. The molecule has 1 aromatic carbocycles. The van der Waals surface area contributed by atoms with Crippen LogP contribution in [0.5, 0.6) is 0 Å². The lowest BCUT2D eigenvalue weighted by molar-refractivity contribution is 0.150. The Morgan fingerprint density at radius 3 is 2.61 bits per heavy atom. The van der Waals surface area contributed by atoms with E-state index >= 15 is 0 Å². The first-order chi connectivity index (χ1) is 8.66. The van der Waals surface area contributed by atoms with Gasteiger partial charge in [-0.05, 0) is 36.7 Å². The van der Waals surface area contributed by atoms with Crippen molar-refractivity contribution in [3.05, 3.63) is 35.9 Å². The van der Waals surface area contributed by atoms with E-state index in [-0.39, 0.29) is 0 Å². The molecule has 1 aliphatic carbocycles. The number of rotatable bonds is 4. The van der Waals surface area contributed by atoms with Crippen molar-refractivity contribution in [2.24, 2.45) is 11.8 Å². The van der Waals surface area contributed by atoms with Crippen LogP contribution < -0.4 is 5.32 Å². The third-order valence-electron chi connectivity index (χ3n) is 4.19. The first-order valence-electron chi connectivity index (χ1n) is 7.13. The highest BCUT2D eigenvalue weighted by atomic mass is 16.3. The van der Waals surface area contributed by atoms with Crippen LogP contribution in [0.1, 0.15) is 44.8 Å². The molecule has 4 unspecified atom stereocenters. The summed E-state index contributed by atoms with van der Waals surface area (Å²) in [6.07, 6.45) is 3.46. The van der Waals surface area contributed by atoms with Gasteiger partial charge < -0.3 is 10.4 Å². The van der Waals surface area contributed by atoms with Gasteiger partial charge in [0.1, 0.15) is 0 Å². The molecule has 1 fully saturated rings. The predicted octanol–water partition coefficient (Wildman–Crippen LogP) is 3.13. The molecule has 0 amide bonds. The van der Waals surface area contributed by atoms with Crippen molar-refractivity contribution in [3.8, 4) is 0 Å². The molecule has 2 rings (SSSR count). The molecule has 0 saturated heterocycles. The van der Waals surface area contributed by atoms with Crippen LogP contribution in [0.4, 0.5) is 0 Å². The highest BCUT2D eigenvalue weighted by molar-refractivity contribution is 5.17. The third kappa shape index (κ3) is 3.56. The summed E-state index contributed by atoms with van der Waals surface area (Å²) < 4.78 is 0. The van der Waals surface area contributed by atoms with Crippen molar-refractivity contribution in [3.63, 3.8) is 0 Å². The Kier molecular flexibility index (Phi) is 4.79. The van der Waals surface area contributed by atoms with Crippen molar-refractivity contribution >= 4 is 0 Å². The van der Waals surface area contributed by atoms with Gasteiger partial charge in [-0.3, -0.25) is 0 Å². The second-order valence-corrected chi connectivity index (χ2v) is 5.84. The summed E-state index contributed by atoms with van der Waals surface area (Å²) in [5.41, 5.74) is 1.00. The molecule has 4 atom stereocenters. The van der Waals surface area contributed by atoms with Crippen molar-refractivity contribution in [1.29, 1.82) is 0 Å². The average Bonchev–Trinajstić information content (AvgIpc) is 2.38. The molecule has 0 bridgehead atoms. The minimum absolute atomic E-state index is 0.391.